The van der Waals surface area contributed by atoms with Crippen LogP contribution in [-0.2, 0) is 9.59 Å². The van der Waals surface area contributed by atoms with Gasteiger partial charge in [0, 0.05) is 23.8 Å². The Balaban J connectivity index is 1.56. The first-order chi connectivity index (χ1) is 11.1. The van der Waals surface area contributed by atoms with Crippen molar-refractivity contribution in [1.82, 2.24) is 10.6 Å². The first-order valence-electron chi connectivity index (χ1n) is 8.20. The molecule has 2 unspecified atom stereocenters. The van der Waals surface area contributed by atoms with Crippen LogP contribution in [0, 0.1) is 11.8 Å². The van der Waals surface area contributed by atoms with Crippen LogP contribution in [0.25, 0.3) is 0 Å². The third-order valence-electron chi connectivity index (χ3n) is 4.61. The molecule has 124 valence electrons. The first kappa shape index (κ1) is 16.3. The normalized spacial score (nSPS) is 24.7. The third-order valence-corrected chi connectivity index (χ3v) is 4.84. The Labute approximate surface area is 141 Å². The van der Waals surface area contributed by atoms with Gasteiger partial charge in [-0.25, -0.2) is 0 Å². The minimum Gasteiger partial charge on any atom is -0.355 e. The number of hydrogen-bond donors (Lipinski definition) is 2. The minimum absolute atomic E-state index is 0.133. The van der Waals surface area contributed by atoms with Crippen LogP contribution < -0.4 is 15.5 Å². The van der Waals surface area contributed by atoms with Crippen molar-refractivity contribution >= 4 is 29.1 Å². The molecule has 0 bridgehead atoms. The molecule has 1 aromatic rings. The molecule has 6 heteroatoms. The molecule has 2 heterocycles. The molecule has 2 fully saturated rings. The second-order valence-electron chi connectivity index (χ2n) is 6.27. The first-order valence-corrected chi connectivity index (χ1v) is 8.58. The number of anilines is 1. The molecule has 0 saturated carbocycles. The minimum atomic E-state index is -0.578. The molecule has 2 atom stereocenters. The van der Waals surface area contributed by atoms with E-state index < -0.39 is 5.92 Å². The van der Waals surface area contributed by atoms with Crippen molar-refractivity contribution in [1.29, 1.82) is 0 Å². The number of amides is 2. The summed E-state index contributed by atoms with van der Waals surface area (Å²) in [4.78, 5) is 26.5. The molecule has 2 saturated heterocycles. The number of hydrogen-bond acceptors (Lipinski definition) is 3. The van der Waals surface area contributed by atoms with Gasteiger partial charge in [0.1, 0.15) is 5.92 Å². The molecule has 0 aromatic heterocycles. The van der Waals surface area contributed by atoms with E-state index in [1.807, 2.05) is 12.1 Å². The molecule has 0 aliphatic carbocycles. The highest BCUT2D eigenvalue weighted by molar-refractivity contribution is 6.31. The molecule has 0 radical (unpaired) electrons. The van der Waals surface area contributed by atoms with Gasteiger partial charge < -0.3 is 15.5 Å². The van der Waals surface area contributed by atoms with E-state index in [9.17, 15) is 9.59 Å². The summed E-state index contributed by atoms with van der Waals surface area (Å²) in [5.74, 6) is -0.393. The average molecular weight is 336 g/mol. The van der Waals surface area contributed by atoms with E-state index in [1.165, 1.54) is 0 Å². The lowest BCUT2D eigenvalue weighted by Crippen LogP contribution is -2.42. The Hall–Kier alpha value is -1.59. The number of piperidine rings is 1. The van der Waals surface area contributed by atoms with Gasteiger partial charge in [-0.3, -0.25) is 9.59 Å². The summed E-state index contributed by atoms with van der Waals surface area (Å²) >= 11 is 5.98. The Kier molecular flexibility index (Phi) is 5.18. The zero-order valence-electron chi connectivity index (χ0n) is 13.1. The predicted molar refractivity (Wildman–Crippen MR) is 90.5 cm³/mol. The molecule has 3 rings (SSSR count). The van der Waals surface area contributed by atoms with Gasteiger partial charge in [-0.1, -0.05) is 17.7 Å². The van der Waals surface area contributed by atoms with Crippen LogP contribution in [0.4, 0.5) is 5.69 Å². The van der Waals surface area contributed by atoms with Crippen molar-refractivity contribution in [3.63, 3.8) is 0 Å². The highest BCUT2D eigenvalue weighted by Crippen LogP contribution is 2.27. The number of carbonyl (C=O) groups excluding carboxylic acids is 2. The maximum absolute atomic E-state index is 12.5. The number of benzene rings is 1. The van der Waals surface area contributed by atoms with Crippen molar-refractivity contribution < 1.29 is 9.59 Å². The molecule has 2 aliphatic heterocycles. The van der Waals surface area contributed by atoms with Gasteiger partial charge in [-0.2, -0.15) is 0 Å². The number of halogens is 1. The van der Waals surface area contributed by atoms with Gasteiger partial charge in [0.15, 0.2) is 0 Å². The van der Waals surface area contributed by atoms with Crippen LogP contribution >= 0.6 is 11.6 Å². The molecule has 1 aromatic carbocycles. The zero-order chi connectivity index (χ0) is 16.2. The Morgan fingerprint density at radius 3 is 3.00 bits per heavy atom. The number of carbonyl (C=O) groups is 2. The van der Waals surface area contributed by atoms with E-state index in [0.29, 0.717) is 30.5 Å². The van der Waals surface area contributed by atoms with Crippen LogP contribution in [0.2, 0.25) is 5.02 Å². The van der Waals surface area contributed by atoms with E-state index in [4.69, 9.17) is 11.6 Å². The summed E-state index contributed by atoms with van der Waals surface area (Å²) in [6.07, 6.45) is 2.83. The molecular weight excluding hydrogens is 314 g/mol. The average Bonchev–Trinajstić information content (AvgIpc) is 2.95. The standard InChI is InChI=1S/C17H22ClN3O2/c18-13-4-1-5-14(9-13)21-8-6-15(17(21)23)16(22)20-11-12-3-2-7-19-10-12/h1,4-5,9,12,15,19H,2-3,6-8,10-11H2,(H,20,22). The lowest BCUT2D eigenvalue weighted by molar-refractivity contribution is -0.132. The lowest BCUT2D eigenvalue weighted by atomic mass is 9.99. The molecular formula is C17H22ClN3O2. The Bertz CT molecular complexity index is 587. The van der Waals surface area contributed by atoms with Crippen molar-refractivity contribution in [2.45, 2.75) is 19.3 Å². The van der Waals surface area contributed by atoms with Gasteiger partial charge in [-0.05, 0) is 56.5 Å². The summed E-state index contributed by atoms with van der Waals surface area (Å²) in [5, 5.41) is 6.88. The summed E-state index contributed by atoms with van der Waals surface area (Å²) in [6, 6.07) is 7.19. The number of nitrogens with zero attached hydrogens (tertiary/aromatic N) is 1. The van der Waals surface area contributed by atoms with E-state index in [0.717, 1.165) is 31.6 Å². The van der Waals surface area contributed by atoms with Crippen LogP contribution in [0.5, 0.6) is 0 Å². The molecule has 2 N–H and O–H groups in total. The van der Waals surface area contributed by atoms with Crippen molar-refractivity contribution in [2.24, 2.45) is 11.8 Å². The fourth-order valence-corrected chi connectivity index (χ4v) is 3.47. The fourth-order valence-electron chi connectivity index (χ4n) is 3.29. The summed E-state index contributed by atoms with van der Waals surface area (Å²) < 4.78 is 0. The van der Waals surface area contributed by atoms with E-state index in [2.05, 4.69) is 10.6 Å². The second kappa shape index (κ2) is 7.32. The maximum atomic E-state index is 12.5. The van der Waals surface area contributed by atoms with Crippen molar-refractivity contribution in [3.05, 3.63) is 29.3 Å². The summed E-state index contributed by atoms with van der Waals surface area (Å²) in [5.41, 5.74) is 0.759. The van der Waals surface area contributed by atoms with Gasteiger partial charge in [0.25, 0.3) is 0 Å². The van der Waals surface area contributed by atoms with Crippen molar-refractivity contribution in [2.75, 3.05) is 31.1 Å². The van der Waals surface area contributed by atoms with Crippen molar-refractivity contribution in [3.8, 4) is 0 Å². The lowest BCUT2D eigenvalue weighted by Gasteiger charge is -2.23. The molecule has 23 heavy (non-hydrogen) atoms. The predicted octanol–water partition coefficient (Wildman–Crippen LogP) is 1.81. The quantitative estimate of drug-likeness (QED) is 0.825. The monoisotopic (exact) mass is 335 g/mol. The Morgan fingerprint density at radius 2 is 2.26 bits per heavy atom. The highest BCUT2D eigenvalue weighted by Gasteiger charge is 2.37. The van der Waals surface area contributed by atoms with Crippen LogP contribution in [0.3, 0.4) is 0 Å². The maximum Gasteiger partial charge on any atom is 0.239 e. The largest absolute Gasteiger partial charge is 0.355 e. The molecule has 2 amide bonds. The third kappa shape index (κ3) is 3.85. The topological polar surface area (TPSA) is 61.4 Å². The zero-order valence-corrected chi connectivity index (χ0v) is 13.8. The van der Waals surface area contributed by atoms with E-state index in [1.54, 1.807) is 17.0 Å². The highest BCUT2D eigenvalue weighted by atomic mass is 35.5. The van der Waals surface area contributed by atoms with Gasteiger partial charge in [0.2, 0.25) is 11.8 Å². The van der Waals surface area contributed by atoms with E-state index in [-0.39, 0.29) is 11.8 Å². The van der Waals surface area contributed by atoms with Gasteiger partial charge in [-0.15, -0.1) is 0 Å². The second-order valence-corrected chi connectivity index (χ2v) is 6.70. The van der Waals surface area contributed by atoms with Gasteiger partial charge in [0.05, 0.1) is 0 Å². The SMILES string of the molecule is O=C(NCC1CCCNC1)C1CCN(c2cccc(Cl)c2)C1=O. The number of nitrogens with one attached hydrogen (secondary N) is 2. The van der Waals surface area contributed by atoms with Gasteiger partial charge >= 0.3 is 0 Å². The molecule has 0 spiro atoms. The van der Waals surface area contributed by atoms with Crippen LogP contribution in [-0.4, -0.2) is 38.0 Å². The van der Waals surface area contributed by atoms with Crippen LogP contribution in [0.1, 0.15) is 19.3 Å². The molecule has 5 nitrogen and oxygen atoms in total. The Morgan fingerprint density at radius 1 is 1.39 bits per heavy atom. The van der Waals surface area contributed by atoms with Crippen LogP contribution in [0.15, 0.2) is 24.3 Å². The number of rotatable bonds is 4. The smallest absolute Gasteiger partial charge is 0.239 e. The van der Waals surface area contributed by atoms with E-state index >= 15 is 0 Å². The summed E-state index contributed by atoms with van der Waals surface area (Å²) in [7, 11) is 0. The molecule has 2 aliphatic rings. The fraction of sp³-hybridized carbons (Fsp3) is 0.529. The summed E-state index contributed by atoms with van der Waals surface area (Å²) in [6.45, 7) is 3.20.